The fourth-order valence-electron chi connectivity index (χ4n) is 2.35. The zero-order chi connectivity index (χ0) is 15.1. The summed E-state index contributed by atoms with van der Waals surface area (Å²) in [5.74, 6) is 1.61. The van der Waals surface area contributed by atoms with Crippen LogP contribution < -0.4 is 10.5 Å². The molecular weight excluding hydrogens is 246 g/mol. The number of hydrogen-bond donors (Lipinski definition) is 1. The van der Waals surface area contributed by atoms with Crippen molar-refractivity contribution in [3.8, 4) is 5.75 Å². The van der Waals surface area contributed by atoms with E-state index < -0.39 is 0 Å². The lowest BCUT2D eigenvalue weighted by atomic mass is 9.94. The topological polar surface area (TPSA) is 35.2 Å². The lowest BCUT2D eigenvalue weighted by Gasteiger charge is -2.17. The molecule has 0 amide bonds. The molecule has 0 aliphatic heterocycles. The van der Waals surface area contributed by atoms with Crippen molar-refractivity contribution in [2.45, 2.75) is 66.3 Å². The summed E-state index contributed by atoms with van der Waals surface area (Å²) in [4.78, 5) is 0. The van der Waals surface area contributed by atoms with Crippen LogP contribution in [0.25, 0.3) is 0 Å². The molecule has 0 saturated carbocycles. The zero-order valence-electron chi connectivity index (χ0n) is 13.8. The second kappa shape index (κ2) is 8.31. The molecule has 114 valence electrons. The summed E-state index contributed by atoms with van der Waals surface area (Å²) < 4.78 is 5.78. The van der Waals surface area contributed by atoms with E-state index in [9.17, 15) is 0 Å². The van der Waals surface area contributed by atoms with Crippen LogP contribution in [0.3, 0.4) is 0 Å². The quantitative estimate of drug-likeness (QED) is 0.764. The molecule has 1 unspecified atom stereocenters. The molecule has 0 heterocycles. The number of benzene rings is 1. The highest BCUT2D eigenvalue weighted by Gasteiger charge is 2.10. The first kappa shape index (κ1) is 17.0. The van der Waals surface area contributed by atoms with Crippen molar-refractivity contribution in [3.05, 3.63) is 28.8 Å². The first-order valence-corrected chi connectivity index (χ1v) is 7.94. The molecular formula is C18H31NO. The lowest BCUT2D eigenvalue weighted by molar-refractivity contribution is 0.315. The summed E-state index contributed by atoms with van der Waals surface area (Å²) in [7, 11) is 0. The van der Waals surface area contributed by atoms with Crippen LogP contribution >= 0.6 is 0 Å². The van der Waals surface area contributed by atoms with E-state index >= 15 is 0 Å². The Labute approximate surface area is 124 Å². The molecule has 0 aliphatic carbocycles. The van der Waals surface area contributed by atoms with Gasteiger partial charge in [-0.2, -0.15) is 0 Å². The lowest BCUT2D eigenvalue weighted by Crippen LogP contribution is -2.26. The number of hydrogen-bond acceptors (Lipinski definition) is 2. The van der Waals surface area contributed by atoms with Gasteiger partial charge in [-0.15, -0.1) is 0 Å². The van der Waals surface area contributed by atoms with Gasteiger partial charge in [-0.05, 0) is 68.2 Å². The largest absolute Gasteiger partial charge is 0.493 e. The fourth-order valence-corrected chi connectivity index (χ4v) is 2.35. The molecule has 20 heavy (non-hydrogen) atoms. The van der Waals surface area contributed by atoms with Gasteiger partial charge in [0.1, 0.15) is 5.75 Å². The predicted molar refractivity (Wildman–Crippen MR) is 87.5 cm³/mol. The van der Waals surface area contributed by atoms with E-state index in [2.05, 4.69) is 46.8 Å². The van der Waals surface area contributed by atoms with Gasteiger partial charge in [0, 0.05) is 6.04 Å². The second-order valence-corrected chi connectivity index (χ2v) is 6.12. The molecule has 0 fully saturated rings. The molecule has 0 spiro atoms. The molecule has 0 bridgehead atoms. The van der Waals surface area contributed by atoms with E-state index in [1.165, 1.54) is 16.7 Å². The number of aryl methyl sites for hydroxylation is 1. The van der Waals surface area contributed by atoms with Crippen molar-refractivity contribution in [2.24, 2.45) is 11.7 Å². The molecule has 1 aromatic rings. The predicted octanol–water partition coefficient (Wildman–Crippen LogP) is 4.40. The minimum Gasteiger partial charge on any atom is -0.493 e. The molecule has 1 aromatic carbocycles. The highest BCUT2D eigenvalue weighted by Crippen LogP contribution is 2.25. The third-order valence-electron chi connectivity index (χ3n) is 4.15. The maximum Gasteiger partial charge on any atom is 0.122 e. The van der Waals surface area contributed by atoms with Crippen LogP contribution in [0.4, 0.5) is 0 Å². The first-order valence-electron chi connectivity index (χ1n) is 7.94. The summed E-state index contributed by atoms with van der Waals surface area (Å²) in [6, 6.07) is 4.66. The second-order valence-electron chi connectivity index (χ2n) is 6.12. The van der Waals surface area contributed by atoms with E-state index in [-0.39, 0.29) is 0 Å². The fraction of sp³-hybridized carbons (Fsp3) is 0.667. The van der Waals surface area contributed by atoms with Crippen LogP contribution in [0.5, 0.6) is 5.75 Å². The van der Waals surface area contributed by atoms with Gasteiger partial charge in [0.25, 0.3) is 0 Å². The van der Waals surface area contributed by atoms with E-state index in [1.807, 2.05) is 0 Å². The molecule has 1 rings (SSSR count). The number of nitrogens with two attached hydrogens (primary N) is 1. The van der Waals surface area contributed by atoms with Gasteiger partial charge in [0.15, 0.2) is 0 Å². The van der Waals surface area contributed by atoms with Crippen molar-refractivity contribution in [2.75, 3.05) is 6.61 Å². The normalized spacial score (nSPS) is 12.8. The number of ether oxygens (including phenoxy) is 1. The molecule has 0 saturated heterocycles. The summed E-state index contributed by atoms with van der Waals surface area (Å²) >= 11 is 0. The molecule has 0 aromatic heterocycles. The highest BCUT2D eigenvalue weighted by atomic mass is 16.5. The third-order valence-corrected chi connectivity index (χ3v) is 4.15. The van der Waals surface area contributed by atoms with Crippen LogP contribution in [0, 0.1) is 19.8 Å². The van der Waals surface area contributed by atoms with Gasteiger partial charge in [0.05, 0.1) is 6.61 Å². The Hall–Kier alpha value is -1.02. The summed E-state index contributed by atoms with van der Waals surface area (Å²) in [6.45, 7) is 11.7. The van der Waals surface area contributed by atoms with Crippen LogP contribution in [0.15, 0.2) is 12.1 Å². The van der Waals surface area contributed by atoms with Crippen LogP contribution in [0.1, 0.15) is 56.7 Å². The summed E-state index contributed by atoms with van der Waals surface area (Å²) in [5, 5.41) is 0. The Bertz CT molecular complexity index is 412. The van der Waals surface area contributed by atoms with Gasteiger partial charge in [-0.1, -0.05) is 26.8 Å². The highest BCUT2D eigenvalue weighted by molar-refractivity contribution is 5.43. The maximum absolute atomic E-state index is 6.11. The minimum atomic E-state index is 0.323. The standard InChI is InChI=1S/C18H31NO/c1-6-12-20-18-11-10-16(14(4)15(18)5)8-7-9-17(19)13(2)3/h10-11,13,17H,6-9,12,19H2,1-5H3. The molecule has 0 radical (unpaired) electrons. The molecule has 1 atom stereocenters. The summed E-state index contributed by atoms with van der Waals surface area (Å²) in [5.41, 5.74) is 10.2. The SMILES string of the molecule is CCCOc1ccc(CCCC(N)C(C)C)c(C)c1C. The van der Waals surface area contributed by atoms with Crippen molar-refractivity contribution >= 4 is 0 Å². The Morgan fingerprint density at radius 2 is 1.85 bits per heavy atom. The monoisotopic (exact) mass is 277 g/mol. The Morgan fingerprint density at radius 3 is 2.45 bits per heavy atom. The first-order chi connectivity index (χ1) is 9.47. The molecule has 2 heteroatoms. The van der Waals surface area contributed by atoms with Crippen molar-refractivity contribution in [3.63, 3.8) is 0 Å². The van der Waals surface area contributed by atoms with Crippen molar-refractivity contribution in [1.82, 2.24) is 0 Å². The molecule has 2 N–H and O–H groups in total. The Morgan fingerprint density at radius 1 is 1.15 bits per heavy atom. The van der Waals surface area contributed by atoms with Gasteiger partial charge in [-0.25, -0.2) is 0 Å². The molecule has 0 aliphatic rings. The average molecular weight is 277 g/mol. The Kier molecular flexibility index (Phi) is 7.08. The van der Waals surface area contributed by atoms with Crippen LogP contribution in [0.2, 0.25) is 0 Å². The van der Waals surface area contributed by atoms with Gasteiger partial charge in [0.2, 0.25) is 0 Å². The van der Waals surface area contributed by atoms with Gasteiger partial charge >= 0.3 is 0 Å². The van der Waals surface area contributed by atoms with Crippen molar-refractivity contribution < 1.29 is 4.74 Å². The summed E-state index contributed by atoms with van der Waals surface area (Å²) in [6.07, 6.45) is 4.42. The smallest absolute Gasteiger partial charge is 0.122 e. The van der Waals surface area contributed by atoms with E-state index in [1.54, 1.807) is 0 Å². The van der Waals surface area contributed by atoms with Crippen molar-refractivity contribution in [1.29, 1.82) is 0 Å². The minimum absolute atomic E-state index is 0.323. The average Bonchev–Trinajstić information content (AvgIpc) is 2.42. The molecule has 2 nitrogen and oxygen atoms in total. The van der Waals surface area contributed by atoms with E-state index in [0.29, 0.717) is 12.0 Å². The van der Waals surface area contributed by atoms with Crippen LogP contribution in [-0.2, 0) is 6.42 Å². The number of rotatable bonds is 8. The van der Waals surface area contributed by atoms with Gasteiger partial charge < -0.3 is 10.5 Å². The maximum atomic E-state index is 6.11. The Balaban J connectivity index is 2.61. The van der Waals surface area contributed by atoms with E-state index in [0.717, 1.165) is 38.0 Å². The van der Waals surface area contributed by atoms with Gasteiger partial charge in [-0.3, -0.25) is 0 Å². The zero-order valence-corrected chi connectivity index (χ0v) is 13.8. The van der Waals surface area contributed by atoms with Crippen LogP contribution in [-0.4, -0.2) is 12.6 Å². The third kappa shape index (κ3) is 4.82. The van der Waals surface area contributed by atoms with E-state index in [4.69, 9.17) is 10.5 Å².